The number of aromatic nitrogens is 2. The number of H-pyrrole nitrogens is 1. The fourth-order valence-electron chi connectivity index (χ4n) is 4.37. The van der Waals surface area contributed by atoms with E-state index in [4.69, 9.17) is 4.74 Å². The summed E-state index contributed by atoms with van der Waals surface area (Å²) >= 11 is 1.84. The molecule has 1 N–H and O–H groups in total. The highest BCUT2D eigenvalue weighted by atomic mass is 32.2. The zero-order valence-corrected chi connectivity index (χ0v) is 19.1. The topological polar surface area (TPSA) is 70.7 Å². The summed E-state index contributed by atoms with van der Waals surface area (Å²) in [5, 5.41) is 7.23. The highest BCUT2D eigenvalue weighted by molar-refractivity contribution is 7.99. The predicted molar refractivity (Wildman–Crippen MR) is 119 cm³/mol. The van der Waals surface area contributed by atoms with Crippen molar-refractivity contribution >= 4 is 17.8 Å². The van der Waals surface area contributed by atoms with Gasteiger partial charge in [0.1, 0.15) is 5.75 Å². The summed E-state index contributed by atoms with van der Waals surface area (Å²) in [4.78, 5) is 17.0. The normalized spacial score (nSPS) is 21.7. The maximum Gasteiger partial charge on any atom is 0.573 e. The minimum Gasteiger partial charge on any atom is -0.477 e. The van der Waals surface area contributed by atoms with Crippen molar-refractivity contribution in [2.45, 2.75) is 31.5 Å². The molecule has 0 spiro atoms. The van der Waals surface area contributed by atoms with Gasteiger partial charge in [-0.05, 0) is 31.0 Å². The van der Waals surface area contributed by atoms with Gasteiger partial charge in [-0.3, -0.25) is 5.10 Å². The number of ether oxygens (including phenoxy) is 2. The van der Waals surface area contributed by atoms with Crippen LogP contribution in [0.2, 0.25) is 0 Å². The van der Waals surface area contributed by atoms with Crippen molar-refractivity contribution in [3.63, 3.8) is 0 Å². The Balaban J connectivity index is 1.55. The van der Waals surface area contributed by atoms with E-state index in [9.17, 15) is 18.0 Å². The van der Waals surface area contributed by atoms with Crippen LogP contribution < -0.4 is 9.47 Å². The van der Waals surface area contributed by atoms with E-state index < -0.39 is 6.36 Å². The molecule has 2 atom stereocenters. The number of thioether (sulfide) groups is 1. The molecule has 1 aromatic carbocycles. The summed E-state index contributed by atoms with van der Waals surface area (Å²) in [6.45, 7) is 4.87. The van der Waals surface area contributed by atoms with Crippen molar-refractivity contribution in [2.24, 2.45) is 0 Å². The molecule has 180 valence electrons. The first kappa shape index (κ1) is 23.6. The van der Waals surface area contributed by atoms with Crippen LogP contribution in [-0.4, -0.2) is 76.7 Å². The van der Waals surface area contributed by atoms with Gasteiger partial charge in [-0.1, -0.05) is 12.1 Å². The van der Waals surface area contributed by atoms with Gasteiger partial charge in [0, 0.05) is 61.3 Å². The summed E-state index contributed by atoms with van der Waals surface area (Å²) in [5.41, 5.74) is 1.75. The number of likely N-dealkylation sites (tertiary alicyclic amines) is 1. The summed E-state index contributed by atoms with van der Waals surface area (Å²) in [6, 6.07) is 7.80. The Morgan fingerprint density at radius 1 is 1.15 bits per heavy atom. The molecule has 11 heteroatoms. The number of amides is 2. The number of urea groups is 1. The number of nitrogens with one attached hydrogen (secondary N) is 1. The first-order valence-corrected chi connectivity index (χ1v) is 12.1. The molecule has 2 amide bonds. The molecule has 0 radical (unpaired) electrons. The lowest BCUT2D eigenvalue weighted by Crippen LogP contribution is -2.51. The van der Waals surface area contributed by atoms with Crippen LogP contribution >= 0.6 is 11.8 Å². The Hall–Kier alpha value is -2.56. The average molecular weight is 485 g/mol. The van der Waals surface area contributed by atoms with Crippen molar-refractivity contribution < 1.29 is 27.4 Å². The van der Waals surface area contributed by atoms with Crippen LogP contribution in [0, 0.1) is 0 Å². The lowest BCUT2D eigenvalue weighted by molar-refractivity contribution is -0.274. The van der Waals surface area contributed by atoms with Crippen molar-refractivity contribution in [2.75, 3.05) is 44.3 Å². The Morgan fingerprint density at radius 2 is 1.85 bits per heavy atom. The van der Waals surface area contributed by atoms with Crippen LogP contribution in [-0.2, 0) is 0 Å². The molecule has 2 aliphatic rings. The monoisotopic (exact) mass is 484 g/mol. The van der Waals surface area contributed by atoms with E-state index in [-0.39, 0.29) is 23.6 Å². The maximum atomic E-state index is 13.3. The Morgan fingerprint density at radius 3 is 2.52 bits per heavy atom. The molecule has 2 saturated heterocycles. The molecule has 2 aromatic rings. The van der Waals surface area contributed by atoms with Gasteiger partial charge >= 0.3 is 12.4 Å². The number of carbonyl (C=O) groups is 1. The number of piperidine rings is 1. The number of aromatic amines is 1. The Labute approximate surface area is 194 Å². The lowest BCUT2D eigenvalue weighted by atomic mass is 9.83. The van der Waals surface area contributed by atoms with E-state index in [1.807, 2.05) is 34.6 Å². The third-order valence-corrected chi connectivity index (χ3v) is 6.84. The van der Waals surface area contributed by atoms with Crippen LogP contribution in [0.3, 0.4) is 0 Å². The molecule has 7 nitrogen and oxygen atoms in total. The van der Waals surface area contributed by atoms with Crippen LogP contribution in [0.5, 0.6) is 11.6 Å². The first-order chi connectivity index (χ1) is 15.8. The van der Waals surface area contributed by atoms with E-state index >= 15 is 0 Å². The van der Waals surface area contributed by atoms with Crippen molar-refractivity contribution in [1.82, 2.24) is 20.0 Å². The number of nitrogens with zero attached hydrogens (tertiary/aromatic N) is 3. The van der Waals surface area contributed by atoms with Gasteiger partial charge < -0.3 is 19.3 Å². The van der Waals surface area contributed by atoms with E-state index in [1.165, 1.54) is 12.1 Å². The van der Waals surface area contributed by atoms with Gasteiger partial charge in [-0.25, -0.2) is 4.79 Å². The van der Waals surface area contributed by atoms with Crippen molar-refractivity contribution in [3.8, 4) is 11.6 Å². The highest BCUT2D eigenvalue weighted by Gasteiger charge is 2.35. The van der Waals surface area contributed by atoms with E-state index in [0.29, 0.717) is 25.6 Å². The summed E-state index contributed by atoms with van der Waals surface area (Å²) in [6.07, 6.45) is -4.00. The molecule has 33 heavy (non-hydrogen) atoms. The maximum absolute atomic E-state index is 13.3. The van der Waals surface area contributed by atoms with Crippen LogP contribution in [0.1, 0.15) is 36.4 Å². The molecule has 0 bridgehead atoms. The molecule has 1 aromatic heterocycles. The quantitative estimate of drug-likeness (QED) is 0.679. The molecule has 0 aliphatic carbocycles. The van der Waals surface area contributed by atoms with Gasteiger partial charge in [-0.2, -0.15) is 11.8 Å². The first-order valence-electron chi connectivity index (χ1n) is 11.0. The largest absolute Gasteiger partial charge is 0.573 e. The number of rotatable bonds is 5. The molecule has 2 unspecified atom stereocenters. The SMILES string of the molecule is CCOc1cc(C2CC(c3ccc(OC(F)(F)F)cc3)CN(C(=O)N3CCSCC3)C2)[nH]n1. The lowest BCUT2D eigenvalue weighted by Gasteiger charge is -2.40. The van der Waals surface area contributed by atoms with Crippen molar-refractivity contribution in [1.29, 1.82) is 0 Å². The predicted octanol–water partition coefficient (Wildman–Crippen LogP) is 4.45. The number of hydrogen-bond acceptors (Lipinski definition) is 5. The van der Waals surface area contributed by atoms with E-state index in [0.717, 1.165) is 42.3 Å². The van der Waals surface area contributed by atoms with Crippen molar-refractivity contribution in [3.05, 3.63) is 41.6 Å². The minimum absolute atomic E-state index is 0.000302. The van der Waals surface area contributed by atoms with Gasteiger partial charge in [0.15, 0.2) is 0 Å². The summed E-state index contributed by atoms with van der Waals surface area (Å²) < 4.78 is 47.0. The molecule has 3 heterocycles. The molecule has 0 saturated carbocycles. The Bertz CT molecular complexity index is 932. The number of halogens is 3. The second kappa shape index (κ2) is 10.1. The fourth-order valence-corrected chi connectivity index (χ4v) is 5.27. The van der Waals surface area contributed by atoms with E-state index in [1.54, 1.807) is 12.1 Å². The number of alkyl halides is 3. The second-order valence-electron chi connectivity index (χ2n) is 8.13. The average Bonchev–Trinajstić information content (AvgIpc) is 3.27. The third-order valence-electron chi connectivity index (χ3n) is 5.89. The number of carbonyl (C=O) groups excluding carboxylic acids is 1. The second-order valence-corrected chi connectivity index (χ2v) is 9.35. The Kier molecular flexibility index (Phi) is 7.26. The zero-order valence-electron chi connectivity index (χ0n) is 18.3. The smallest absolute Gasteiger partial charge is 0.477 e. The van der Waals surface area contributed by atoms with Gasteiger partial charge in [0.2, 0.25) is 5.88 Å². The molecular formula is C22H27F3N4O3S. The molecule has 2 aliphatic heterocycles. The molecule has 4 rings (SSSR count). The number of benzene rings is 1. The minimum atomic E-state index is -4.73. The molecule has 2 fully saturated rings. The molecular weight excluding hydrogens is 457 g/mol. The summed E-state index contributed by atoms with van der Waals surface area (Å²) in [5.74, 6) is 2.06. The van der Waals surface area contributed by atoms with Crippen LogP contribution in [0.4, 0.5) is 18.0 Å². The van der Waals surface area contributed by atoms with Gasteiger partial charge in [-0.15, -0.1) is 18.3 Å². The number of hydrogen-bond donors (Lipinski definition) is 1. The third kappa shape index (κ3) is 6.07. The summed E-state index contributed by atoms with van der Waals surface area (Å²) in [7, 11) is 0. The fraction of sp³-hybridized carbons (Fsp3) is 0.545. The van der Waals surface area contributed by atoms with Gasteiger partial charge in [0.25, 0.3) is 0 Å². The van der Waals surface area contributed by atoms with Crippen LogP contribution in [0.15, 0.2) is 30.3 Å². The van der Waals surface area contributed by atoms with Crippen LogP contribution in [0.25, 0.3) is 0 Å². The van der Waals surface area contributed by atoms with E-state index in [2.05, 4.69) is 14.9 Å². The van der Waals surface area contributed by atoms with Gasteiger partial charge in [0.05, 0.1) is 6.61 Å². The highest BCUT2D eigenvalue weighted by Crippen LogP contribution is 2.37. The standard InChI is InChI=1S/C22H27F3N4O3S/c1-2-31-20-12-19(26-27-20)17-11-16(15-3-5-18(6-4-15)32-22(23,24)25)13-29(14-17)21(30)28-7-9-33-10-8-28/h3-6,12,16-17H,2,7-11,13-14H2,1H3,(H,26,27). The zero-order chi connectivity index (χ0) is 23.4.